The average Bonchev–Trinajstić information content (AvgIpc) is 3.81. The Morgan fingerprint density at radius 1 is 0.671 bits per heavy atom. The second-order valence-electron chi connectivity index (χ2n) is 20.4. The Morgan fingerprint density at radius 2 is 1.11 bits per heavy atom. The summed E-state index contributed by atoms with van der Waals surface area (Å²) in [6.07, 6.45) is 7.16. The lowest BCUT2D eigenvalue weighted by molar-refractivity contribution is -0.158. The van der Waals surface area contributed by atoms with E-state index in [2.05, 4.69) is 26.1 Å². The molecular formula is C56H115N5O12. The first-order chi connectivity index (χ1) is 33.7. The number of hydrogen-bond donors (Lipinski definition) is 4. The molecule has 0 aromatic rings. The zero-order valence-electron chi connectivity index (χ0n) is 51.2. The van der Waals surface area contributed by atoms with Crippen LogP contribution in [0.4, 0.5) is 0 Å². The van der Waals surface area contributed by atoms with Gasteiger partial charge in [-0.25, -0.2) is 0 Å². The van der Waals surface area contributed by atoms with Crippen molar-refractivity contribution in [1.29, 1.82) is 0 Å². The van der Waals surface area contributed by atoms with E-state index in [1.807, 2.05) is 121 Å². The molecule has 17 nitrogen and oxygen atoms in total. The number of carbonyl (C=O) groups excluding carboxylic acids is 7. The highest BCUT2D eigenvalue weighted by Gasteiger charge is 2.28. The summed E-state index contributed by atoms with van der Waals surface area (Å²) in [5.74, 6) is 1.10. The van der Waals surface area contributed by atoms with Crippen LogP contribution in [0.15, 0.2) is 0 Å². The van der Waals surface area contributed by atoms with Gasteiger partial charge >= 0.3 is 11.9 Å². The Labute approximate surface area is 446 Å². The third kappa shape index (κ3) is 41.1. The number of likely N-dealkylation sites (tertiary alicyclic amines) is 1. The molecule has 0 spiro atoms. The maximum absolute atomic E-state index is 11.5. The summed E-state index contributed by atoms with van der Waals surface area (Å²) in [6, 6.07) is 1.10. The lowest BCUT2D eigenvalue weighted by Gasteiger charge is -2.22. The van der Waals surface area contributed by atoms with E-state index in [0.717, 1.165) is 71.0 Å². The molecule has 1 saturated heterocycles. The summed E-state index contributed by atoms with van der Waals surface area (Å²) >= 11 is 0. The molecule has 0 aromatic carbocycles. The second kappa shape index (κ2) is 46.7. The van der Waals surface area contributed by atoms with E-state index in [1.165, 1.54) is 0 Å². The molecule has 6 unspecified atom stereocenters. The van der Waals surface area contributed by atoms with Crippen LogP contribution in [-0.2, 0) is 43.0 Å². The van der Waals surface area contributed by atoms with Crippen LogP contribution in [-0.4, -0.2) is 168 Å². The van der Waals surface area contributed by atoms with Gasteiger partial charge < -0.3 is 49.7 Å². The van der Waals surface area contributed by atoms with Gasteiger partial charge in [-0.1, -0.05) is 69.2 Å². The summed E-state index contributed by atoms with van der Waals surface area (Å²) in [5, 5.41) is 28.6. The van der Waals surface area contributed by atoms with Gasteiger partial charge in [0.25, 0.3) is 0 Å². The van der Waals surface area contributed by atoms with Crippen LogP contribution in [0.25, 0.3) is 0 Å². The SMILES string of the molecule is CCC(C)(C)C(=O)OCC(O)CO.CCC(C)(C)C(=O)OCCO.CCC(C)C(=O)N(C)C.CCC(C)C(=O)N(CC)CC.CCC(C)C(=O)NC(C)C.CCC(C)N(C)C(C)=O.CCC(C)N1CCCC1=O. The predicted octanol–water partition coefficient (Wildman–Crippen LogP) is 8.53. The Balaban J connectivity index is -0.000000180. The zero-order valence-corrected chi connectivity index (χ0v) is 51.2. The van der Waals surface area contributed by atoms with Gasteiger partial charge in [-0.3, -0.25) is 33.6 Å². The molecule has 6 atom stereocenters. The molecule has 0 bridgehead atoms. The Kier molecular flexibility index (Phi) is 51.5. The lowest BCUT2D eigenvalue weighted by atomic mass is 9.91. The third-order valence-electron chi connectivity index (χ3n) is 12.9. The van der Waals surface area contributed by atoms with Crippen molar-refractivity contribution in [1.82, 2.24) is 24.9 Å². The van der Waals surface area contributed by atoms with Gasteiger partial charge in [-0.15, -0.1) is 0 Å². The molecule has 1 fully saturated rings. The lowest BCUT2D eigenvalue weighted by Crippen LogP contribution is -2.34. The molecule has 0 aromatic heterocycles. The number of nitrogens with one attached hydrogen (secondary N) is 1. The number of esters is 2. The minimum absolute atomic E-state index is 0.0995. The predicted molar refractivity (Wildman–Crippen MR) is 297 cm³/mol. The molecule has 1 rings (SSSR count). The highest BCUT2D eigenvalue weighted by atomic mass is 16.5. The van der Waals surface area contributed by atoms with Gasteiger partial charge in [0.05, 0.1) is 24.0 Å². The number of nitrogens with zero attached hydrogens (tertiary/aromatic N) is 4. The largest absolute Gasteiger partial charge is 0.463 e. The maximum atomic E-state index is 11.5. The van der Waals surface area contributed by atoms with Gasteiger partial charge in [-0.05, 0) is 121 Å². The van der Waals surface area contributed by atoms with Gasteiger partial charge in [0, 0.05) is 90.0 Å². The number of hydrogen-bond acceptors (Lipinski definition) is 12. The maximum Gasteiger partial charge on any atom is 0.311 e. The van der Waals surface area contributed by atoms with Crippen molar-refractivity contribution < 1.29 is 58.4 Å². The molecule has 1 aliphatic heterocycles. The topological polar surface area (TPSA) is 224 Å². The Hall–Kier alpha value is -3.83. The van der Waals surface area contributed by atoms with Crippen molar-refractivity contribution in [3.8, 4) is 0 Å². The fourth-order valence-electron chi connectivity index (χ4n) is 5.23. The quantitative estimate of drug-likeness (QED) is 0.0749. The van der Waals surface area contributed by atoms with E-state index in [1.54, 1.807) is 44.7 Å². The van der Waals surface area contributed by atoms with Crippen molar-refractivity contribution in [2.75, 3.05) is 67.2 Å². The van der Waals surface area contributed by atoms with Crippen LogP contribution in [0.3, 0.4) is 0 Å². The first-order valence-electron chi connectivity index (χ1n) is 27.2. The minimum atomic E-state index is -0.975. The molecular weight excluding hydrogens is 935 g/mol. The van der Waals surface area contributed by atoms with E-state index in [4.69, 9.17) is 24.8 Å². The number of ether oxygens (including phenoxy) is 2. The summed E-state index contributed by atoms with van der Waals surface area (Å²) in [5.41, 5.74) is -0.940. The molecule has 5 amide bonds. The number of aliphatic hydroxyl groups is 3. The van der Waals surface area contributed by atoms with E-state index in [0.29, 0.717) is 24.4 Å². The average molecular weight is 1050 g/mol. The van der Waals surface area contributed by atoms with Gasteiger partial charge in [0.2, 0.25) is 29.5 Å². The molecule has 4 N–H and O–H groups in total. The highest BCUT2D eigenvalue weighted by molar-refractivity contribution is 5.80. The van der Waals surface area contributed by atoms with Crippen LogP contribution in [0.5, 0.6) is 0 Å². The van der Waals surface area contributed by atoms with E-state index in [9.17, 15) is 33.6 Å². The molecule has 17 heteroatoms. The van der Waals surface area contributed by atoms with Crippen LogP contribution in [0.1, 0.15) is 203 Å². The molecule has 1 heterocycles. The number of rotatable bonds is 22. The smallest absolute Gasteiger partial charge is 0.311 e. The zero-order chi connectivity index (χ0) is 58.8. The summed E-state index contributed by atoms with van der Waals surface area (Å²) < 4.78 is 9.56. The molecule has 1 aliphatic rings. The summed E-state index contributed by atoms with van der Waals surface area (Å²) in [4.78, 5) is 85.0. The number of carbonyl (C=O) groups is 7. The van der Waals surface area contributed by atoms with Crippen molar-refractivity contribution >= 4 is 41.5 Å². The molecule has 0 radical (unpaired) electrons. The number of amides is 5. The second-order valence-corrected chi connectivity index (χ2v) is 20.4. The summed E-state index contributed by atoms with van der Waals surface area (Å²) in [7, 11) is 5.40. The van der Waals surface area contributed by atoms with Crippen molar-refractivity contribution in [3.05, 3.63) is 0 Å². The first kappa shape index (κ1) is 80.6. The van der Waals surface area contributed by atoms with E-state index >= 15 is 0 Å². The van der Waals surface area contributed by atoms with Crippen LogP contribution in [0.2, 0.25) is 0 Å². The summed E-state index contributed by atoms with van der Waals surface area (Å²) in [6.45, 7) is 43.0. The van der Waals surface area contributed by atoms with Crippen molar-refractivity contribution in [2.45, 2.75) is 227 Å². The molecule has 0 saturated carbocycles. The normalized spacial score (nSPS) is 14.1. The molecule has 73 heavy (non-hydrogen) atoms. The highest BCUT2D eigenvalue weighted by Crippen LogP contribution is 2.22. The van der Waals surface area contributed by atoms with Crippen LogP contribution in [0, 0.1) is 28.6 Å². The monoisotopic (exact) mass is 1050 g/mol. The number of aliphatic hydroxyl groups excluding tert-OH is 3. The van der Waals surface area contributed by atoms with E-state index in [-0.39, 0.29) is 85.8 Å². The minimum Gasteiger partial charge on any atom is -0.463 e. The fourth-order valence-corrected chi connectivity index (χ4v) is 5.23. The van der Waals surface area contributed by atoms with Gasteiger partial charge in [0.1, 0.15) is 19.3 Å². The van der Waals surface area contributed by atoms with Crippen LogP contribution >= 0.6 is 0 Å². The van der Waals surface area contributed by atoms with Gasteiger partial charge in [0.15, 0.2) is 0 Å². The fraction of sp³-hybridized carbons (Fsp3) is 0.875. The van der Waals surface area contributed by atoms with Crippen LogP contribution < -0.4 is 5.32 Å². The molecule has 436 valence electrons. The first-order valence-corrected chi connectivity index (χ1v) is 27.2. The Morgan fingerprint density at radius 3 is 1.38 bits per heavy atom. The third-order valence-corrected chi connectivity index (χ3v) is 12.9. The Bertz CT molecular complexity index is 1450. The van der Waals surface area contributed by atoms with Crippen molar-refractivity contribution in [3.63, 3.8) is 0 Å². The standard InChI is InChI=1S/C9H19NO.C9H18O4.C8H15NO.C8H17NO.C8H16O3.2C7H15NO/c1-5-8(4)9(11)10(6-2)7-3;1-4-9(2,3)8(12)13-6-7(11)5-10;1-3-7(2)9-6-4-5-8(9)10;1-5-7(4)8(10)9-6(2)3;1-4-8(2,3)7(10)11-6-5-9;1-5-6(2)7(9)8(3)4;1-5-6(2)8(4)7(3)9/h8H,5-7H2,1-4H3;7,10-11H,4-6H2,1-3H3;7H,3-6H2,1-2H3;6-7H,5H2,1-4H3,(H,9,10);9H,4-6H2,1-3H3;2*6H,5H2,1-4H3. The van der Waals surface area contributed by atoms with Gasteiger partial charge in [-0.2, -0.15) is 0 Å². The van der Waals surface area contributed by atoms with Crippen molar-refractivity contribution in [2.24, 2.45) is 28.6 Å². The van der Waals surface area contributed by atoms with E-state index < -0.39 is 16.9 Å². The molecule has 0 aliphatic carbocycles.